The monoisotopic (exact) mass is 362 g/mol. The highest BCUT2D eigenvalue weighted by molar-refractivity contribution is 7.99. The number of fused-ring (bicyclic) bond motifs is 2. The summed E-state index contributed by atoms with van der Waals surface area (Å²) in [5.41, 5.74) is 5.97. The van der Waals surface area contributed by atoms with Crippen molar-refractivity contribution in [1.29, 1.82) is 0 Å². The molecule has 26 heavy (non-hydrogen) atoms. The van der Waals surface area contributed by atoms with Gasteiger partial charge in [0.2, 0.25) is 5.91 Å². The standard InChI is InChI=1S/C22H22N2OS/c1-15-6-5-9-18-12-16(2)22(23-21(15)18)26-14-20(25)24-11-10-17-7-3-4-8-19(17)13-24/h3-9,12H,10-11,13-14H2,1-2H3. The van der Waals surface area contributed by atoms with Gasteiger partial charge in [-0.15, -0.1) is 0 Å². The number of hydrogen-bond donors (Lipinski definition) is 0. The number of thioether (sulfide) groups is 1. The molecule has 1 aromatic heterocycles. The number of para-hydroxylation sites is 1. The summed E-state index contributed by atoms with van der Waals surface area (Å²) in [6, 6.07) is 16.8. The van der Waals surface area contributed by atoms with Gasteiger partial charge in [-0.05, 0) is 48.6 Å². The van der Waals surface area contributed by atoms with Crippen LogP contribution >= 0.6 is 11.8 Å². The molecule has 0 spiro atoms. The molecule has 3 nitrogen and oxygen atoms in total. The van der Waals surface area contributed by atoms with Crippen molar-refractivity contribution in [2.24, 2.45) is 0 Å². The summed E-state index contributed by atoms with van der Waals surface area (Å²) in [5, 5.41) is 2.11. The molecule has 1 amide bonds. The van der Waals surface area contributed by atoms with Crippen LogP contribution in [0.25, 0.3) is 10.9 Å². The first-order chi connectivity index (χ1) is 12.6. The van der Waals surface area contributed by atoms with E-state index < -0.39 is 0 Å². The minimum absolute atomic E-state index is 0.190. The zero-order valence-electron chi connectivity index (χ0n) is 15.2. The van der Waals surface area contributed by atoms with Crippen molar-refractivity contribution >= 4 is 28.6 Å². The molecule has 1 aliphatic heterocycles. The van der Waals surface area contributed by atoms with E-state index in [1.165, 1.54) is 16.7 Å². The van der Waals surface area contributed by atoms with Crippen molar-refractivity contribution in [3.05, 3.63) is 70.8 Å². The van der Waals surface area contributed by atoms with Crippen molar-refractivity contribution < 1.29 is 4.79 Å². The maximum atomic E-state index is 12.7. The van der Waals surface area contributed by atoms with E-state index in [1.807, 2.05) is 11.0 Å². The van der Waals surface area contributed by atoms with Crippen molar-refractivity contribution in [2.45, 2.75) is 31.8 Å². The van der Waals surface area contributed by atoms with E-state index in [0.717, 1.165) is 41.0 Å². The van der Waals surface area contributed by atoms with Gasteiger partial charge in [0.05, 0.1) is 11.3 Å². The Hall–Kier alpha value is -2.33. The van der Waals surface area contributed by atoms with Gasteiger partial charge in [0, 0.05) is 18.5 Å². The fourth-order valence-corrected chi connectivity index (χ4v) is 4.40. The lowest BCUT2D eigenvalue weighted by Crippen LogP contribution is -2.37. The highest BCUT2D eigenvalue weighted by Crippen LogP contribution is 2.27. The van der Waals surface area contributed by atoms with Gasteiger partial charge in [-0.3, -0.25) is 4.79 Å². The van der Waals surface area contributed by atoms with E-state index in [0.29, 0.717) is 5.75 Å². The predicted molar refractivity (Wildman–Crippen MR) is 108 cm³/mol. The van der Waals surface area contributed by atoms with Gasteiger partial charge in [0.1, 0.15) is 5.03 Å². The number of aromatic nitrogens is 1. The Kier molecular flexibility index (Phi) is 4.68. The molecule has 0 fully saturated rings. The number of amides is 1. The van der Waals surface area contributed by atoms with E-state index in [-0.39, 0.29) is 5.91 Å². The minimum atomic E-state index is 0.190. The van der Waals surface area contributed by atoms with Gasteiger partial charge in [-0.1, -0.05) is 54.2 Å². The van der Waals surface area contributed by atoms with Crippen LogP contribution in [-0.4, -0.2) is 28.1 Å². The number of pyridine rings is 1. The topological polar surface area (TPSA) is 33.2 Å². The van der Waals surface area contributed by atoms with Crippen LogP contribution < -0.4 is 0 Å². The summed E-state index contributed by atoms with van der Waals surface area (Å²) in [7, 11) is 0. The minimum Gasteiger partial charge on any atom is -0.337 e. The highest BCUT2D eigenvalue weighted by Gasteiger charge is 2.20. The summed E-state index contributed by atoms with van der Waals surface area (Å²) in [6.45, 7) is 5.67. The van der Waals surface area contributed by atoms with E-state index in [2.05, 4.69) is 56.3 Å². The number of rotatable bonds is 3. The van der Waals surface area contributed by atoms with Gasteiger partial charge >= 0.3 is 0 Å². The van der Waals surface area contributed by atoms with E-state index in [1.54, 1.807) is 11.8 Å². The molecule has 2 aromatic carbocycles. The third-order valence-corrected chi connectivity index (χ3v) is 6.09. The molecular formula is C22H22N2OS. The third kappa shape index (κ3) is 3.34. The Labute approximate surface area is 158 Å². The second kappa shape index (κ2) is 7.12. The fourth-order valence-electron chi connectivity index (χ4n) is 3.51. The Balaban J connectivity index is 1.47. The number of hydrogen-bond acceptors (Lipinski definition) is 3. The first kappa shape index (κ1) is 17.1. The van der Waals surface area contributed by atoms with Gasteiger partial charge in [0.15, 0.2) is 0 Å². The average molecular weight is 362 g/mol. The number of carbonyl (C=O) groups is 1. The van der Waals surface area contributed by atoms with Crippen LogP contribution in [0.2, 0.25) is 0 Å². The van der Waals surface area contributed by atoms with Crippen molar-refractivity contribution in [1.82, 2.24) is 9.88 Å². The average Bonchev–Trinajstić information content (AvgIpc) is 2.66. The van der Waals surface area contributed by atoms with E-state index in [9.17, 15) is 4.79 Å². The van der Waals surface area contributed by atoms with Crippen molar-refractivity contribution in [2.75, 3.05) is 12.3 Å². The summed E-state index contributed by atoms with van der Waals surface area (Å²) in [5.74, 6) is 0.628. The van der Waals surface area contributed by atoms with Crippen molar-refractivity contribution in [3.8, 4) is 0 Å². The predicted octanol–water partition coefficient (Wildman–Crippen LogP) is 4.53. The van der Waals surface area contributed by atoms with Gasteiger partial charge in [0.25, 0.3) is 0 Å². The van der Waals surface area contributed by atoms with Crippen LogP contribution in [0.15, 0.2) is 53.6 Å². The van der Waals surface area contributed by atoms with Crippen LogP contribution in [0.5, 0.6) is 0 Å². The molecule has 0 N–H and O–H groups in total. The summed E-state index contributed by atoms with van der Waals surface area (Å²) in [4.78, 5) is 19.5. The van der Waals surface area contributed by atoms with Crippen LogP contribution in [0.1, 0.15) is 22.3 Å². The molecular weight excluding hydrogens is 340 g/mol. The molecule has 4 heteroatoms. The first-order valence-corrected chi connectivity index (χ1v) is 9.95. The van der Waals surface area contributed by atoms with Gasteiger partial charge < -0.3 is 4.90 Å². The quantitative estimate of drug-likeness (QED) is 0.642. The first-order valence-electron chi connectivity index (χ1n) is 8.96. The molecule has 4 rings (SSSR count). The zero-order valence-corrected chi connectivity index (χ0v) is 16.0. The molecule has 0 atom stereocenters. The maximum Gasteiger partial charge on any atom is 0.233 e. The lowest BCUT2D eigenvalue weighted by Gasteiger charge is -2.28. The summed E-state index contributed by atoms with van der Waals surface area (Å²) in [6.07, 6.45) is 0.943. The highest BCUT2D eigenvalue weighted by atomic mass is 32.2. The normalized spacial score (nSPS) is 13.7. The Bertz CT molecular complexity index is 983. The van der Waals surface area contributed by atoms with E-state index in [4.69, 9.17) is 4.98 Å². The summed E-state index contributed by atoms with van der Waals surface area (Å²) < 4.78 is 0. The summed E-state index contributed by atoms with van der Waals surface area (Å²) >= 11 is 1.55. The molecule has 0 unspecified atom stereocenters. The third-order valence-electron chi connectivity index (χ3n) is 5.01. The molecule has 0 saturated heterocycles. The molecule has 0 bridgehead atoms. The van der Waals surface area contributed by atoms with Crippen molar-refractivity contribution in [3.63, 3.8) is 0 Å². The SMILES string of the molecule is Cc1cc2cccc(C)c2nc1SCC(=O)N1CCc2ccccc2C1. The van der Waals surface area contributed by atoms with Gasteiger partial charge in [-0.25, -0.2) is 4.98 Å². The molecule has 0 aliphatic carbocycles. The number of aryl methyl sites for hydroxylation is 2. The van der Waals surface area contributed by atoms with Crippen LogP contribution in [0, 0.1) is 13.8 Å². The second-order valence-electron chi connectivity index (χ2n) is 6.88. The second-order valence-corrected chi connectivity index (χ2v) is 7.84. The Morgan fingerprint density at radius 1 is 1.08 bits per heavy atom. The zero-order chi connectivity index (χ0) is 18.1. The lowest BCUT2D eigenvalue weighted by molar-refractivity contribution is -0.129. The Morgan fingerprint density at radius 3 is 2.73 bits per heavy atom. The molecule has 0 saturated carbocycles. The molecule has 0 radical (unpaired) electrons. The number of nitrogens with zero attached hydrogens (tertiary/aromatic N) is 2. The number of carbonyl (C=O) groups excluding carboxylic acids is 1. The molecule has 132 valence electrons. The largest absolute Gasteiger partial charge is 0.337 e. The number of benzene rings is 2. The molecule has 1 aliphatic rings. The van der Waals surface area contributed by atoms with E-state index >= 15 is 0 Å². The smallest absolute Gasteiger partial charge is 0.233 e. The van der Waals surface area contributed by atoms with Gasteiger partial charge in [-0.2, -0.15) is 0 Å². The van der Waals surface area contributed by atoms with Crippen LogP contribution in [0.3, 0.4) is 0 Å². The molecule has 3 aromatic rings. The molecule has 2 heterocycles. The maximum absolute atomic E-state index is 12.7. The fraction of sp³-hybridized carbons (Fsp3) is 0.273. The van der Waals surface area contributed by atoms with Crippen LogP contribution in [0.4, 0.5) is 0 Å². The van der Waals surface area contributed by atoms with Crippen LogP contribution in [-0.2, 0) is 17.8 Å². The lowest BCUT2D eigenvalue weighted by atomic mass is 10.00. The Morgan fingerprint density at radius 2 is 1.88 bits per heavy atom.